The van der Waals surface area contributed by atoms with Gasteiger partial charge in [0.2, 0.25) is 0 Å². The fourth-order valence-electron chi connectivity index (χ4n) is 2.98. The SMILES string of the molecule is CC(C)C1(C)CCN2CCCC2C1. The van der Waals surface area contributed by atoms with Crippen LogP contribution in [0.15, 0.2) is 0 Å². The number of hydrogen-bond donors (Lipinski definition) is 0. The van der Waals surface area contributed by atoms with Gasteiger partial charge in [0.25, 0.3) is 0 Å². The highest BCUT2D eigenvalue weighted by Crippen LogP contribution is 2.43. The molecule has 0 N–H and O–H groups in total. The van der Waals surface area contributed by atoms with Crippen molar-refractivity contribution in [3.63, 3.8) is 0 Å². The molecule has 0 aromatic rings. The lowest BCUT2D eigenvalue weighted by Gasteiger charge is -2.44. The van der Waals surface area contributed by atoms with Crippen LogP contribution in [0.3, 0.4) is 0 Å². The van der Waals surface area contributed by atoms with Gasteiger partial charge in [0, 0.05) is 6.04 Å². The Morgan fingerprint density at radius 1 is 1.31 bits per heavy atom. The normalized spacial score (nSPS) is 41.1. The van der Waals surface area contributed by atoms with Crippen LogP contribution in [0, 0.1) is 11.3 Å². The van der Waals surface area contributed by atoms with Crippen molar-refractivity contribution in [1.29, 1.82) is 0 Å². The molecule has 0 amide bonds. The predicted molar refractivity (Wildman–Crippen MR) is 56.8 cm³/mol. The molecule has 13 heavy (non-hydrogen) atoms. The third-order valence-corrected chi connectivity index (χ3v) is 4.56. The number of nitrogens with zero attached hydrogens (tertiary/aromatic N) is 1. The molecule has 1 nitrogen and oxygen atoms in total. The van der Waals surface area contributed by atoms with E-state index in [0.717, 1.165) is 12.0 Å². The molecule has 0 radical (unpaired) electrons. The maximum absolute atomic E-state index is 2.71. The molecule has 2 heterocycles. The molecule has 0 saturated carbocycles. The van der Waals surface area contributed by atoms with Crippen LogP contribution in [-0.2, 0) is 0 Å². The van der Waals surface area contributed by atoms with Gasteiger partial charge in [-0.2, -0.15) is 0 Å². The highest BCUT2D eigenvalue weighted by atomic mass is 15.2. The fourth-order valence-corrected chi connectivity index (χ4v) is 2.98. The topological polar surface area (TPSA) is 3.24 Å². The van der Waals surface area contributed by atoms with Gasteiger partial charge in [0.05, 0.1) is 0 Å². The zero-order valence-electron chi connectivity index (χ0n) is 9.34. The van der Waals surface area contributed by atoms with E-state index in [0.29, 0.717) is 5.41 Å². The summed E-state index contributed by atoms with van der Waals surface area (Å²) in [6.45, 7) is 10.0. The maximum atomic E-state index is 2.71. The first kappa shape index (κ1) is 9.51. The van der Waals surface area contributed by atoms with E-state index in [1.54, 1.807) is 0 Å². The molecule has 0 spiro atoms. The van der Waals surface area contributed by atoms with Crippen molar-refractivity contribution in [3.8, 4) is 0 Å². The summed E-state index contributed by atoms with van der Waals surface area (Å²) in [6, 6.07) is 0.932. The summed E-state index contributed by atoms with van der Waals surface area (Å²) in [5.41, 5.74) is 0.630. The van der Waals surface area contributed by atoms with Crippen molar-refractivity contribution in [1.82, 2.24) is 4.90 Å². The van der Waals surface area contributed by atoms with Gasteiger partial charge in [-0.1, -0.05) is 20.8 Å². The Morgan fingerprint density at radius 2 is 2.08 bits per heavy atom. The van der Waals surface area contributed by atoms with Crippen LogP contribution >= 0.6 is 0 Å². The summed E-state index contributed by atoms with van der Waals surface area (Å²) >= 11 is 0. The van der Waals surface area contributed by atoms with Gasteiger partial charge in [0.1, 0.15) is 0 Å². The van der Waals surface area contributed by atoms with E-state index in [2.05, 4.69) is 25.7 Å². The number of hydrogen-bond acceptors (Lipinski definition) is 1. The van der Waals surface area contributed by atoms with Crippen LogP contribution in [0.2, 0.25) is 0 Å². The lowest BCUT2D eigenvalue weighted by Crippen LogP contribution is -2.44. The van der Waals surface area contributed by atoms with Crippen LogP contribution in [-0.4, -0.2) is 24.0 Å². The summed E-state index contributed by atoms with van der Waals surface area (Å²) in [4.78, 5) is 2.71. The quantitative estimate of drug-likeness (QED) is 0.601. The zero-order chi connectivity index (χ0) is 9.47. The smallest absolute Gasteiger partial charge is 0.0101 e. The van der Waals surface area contributed by atoms with Gasteiger partial charge in [-0.05, 0) is 50.1 Å². The van der Waals surface area contributed by atoms with E-state index >= 15 is 0 Å². The van der Waals surface area contributed by atoms with Crippen molar-refractivity contribution in [2.45, 2.75) is 52.5 Å². The summed E-state index contributed by atoms with van der Waals surface area (Å²) < 4.78 is 0. The highest BCUT2D eigenvalue weighted by Gasteiger charge is 2.39. The van der Waals surface area contributed by atoms with Gasteiger partial charge in [-0.25, -0.2) is 0 Å². The molecule has 2 fully saturated rings. The highest BCUT2D eigenvalue weighted by molar-refractivity contribution is 4.93. The lowest BCUT2D eigenvalue weighted by molar-refractivity contribution is 0.0534. The minimum atomic E-state index is 0.630. The fraction of sp³-hybridized carbons (Fsp3) is 1.00. The molecule has 76 valence electrons. The zero-order valence-corrected chi connectivity index (χ0v) is 9.34. The minimum Gasteiger partial charge on any atom is -0.300 e. The number of piperidine rings is 1. The average Bonchev–Trinajstić information content (AvgIpc) is 2.50. The number of rotatable bonds is 1. The molecular weight excluding hydrogens is 158 g/mol. The van der Waals surface area contributed by atoms with Crippen LogP contribution in [0.1, 0.15) is 46.5 Å². The van der Waals surface area contributed by atoms with Gasteiger partial charge >= 0.3 is 0 Å². The van der Waals surface area contributed by atoms with Crippen molar-refractivity contribution in [2.24, 2.45) is 11.3 Å². The Morgan fingerprint density at radius 3 is 2.77 bits per heavy atom. The Balaban J connectivity index is 2.04. The van der Waals surface area contributed by atoms with Crippen LogP contribution in [0.5, 0.6) is 0 Å². The minimum absolute atomic E-state index is 0.630. The molecule has 1 heteroatoms. The van der Waals surface area contributed by atoms with Crippen LogP contribution in [0.25, 0.3) is 0 Å². The second-order valence-corrected chi connectivity index (χ2v) is 5.59. The molecular formula is C12H23N. The monoisotopic (exact) mass is 181 g/mol. The van der Waals surface area contributed by atoms with E-state index in [1.165, 1.54) is 38.8 Å². The first-order valence-electron chi connectivity index (χ1n) is 5.86. The summed E-state index contributed by atoms with van der Waals surface area (Å²) in [7, 11) is 0. The second kappa shape index (κ2) is 3.27. The first-order valence-corrected chi connectivity index (χ1v) is 5.86. The lowest BCUT2D eigenvalue weighted by atomic mass is 9.69. The van der Waals surface area contributed by atoms with E-state index < -0.39 is 0 Å². The Bertz CT molecular complexity index is 188. The van der Waals surface area contributed by atoms with Crippen molar-refractivity contribution < 1.29 is 0 Å². The molecule has 0 aromatic carbocycles. The van der Waals surface area contributed by atoms with Crippen LogP contribution in [0.4, 0.5) is 0 Å². The standard InChI is InChI=1S/C12H23N/c1-10(2)12(3)6-8-13-7-4-5-11(13)9-12/h10-11H,4-9H2,1-3H3. The third kappa shape index (κ3) is 1.63. The molecule has 2 aliphatic rings. The molecule has 2 rings (SSSR count). The Hall–Kier alpha value is -0.0400. The maximum Gasteiger partial charge on any atom is 0.0101 e. The third-order valence-electron chi connectivity index (χ3n) is 4.56. The van der Waals surface area contributed by atoms with E-state index in [9.17, 15) is 0 Å². The molecule has 2 unspecified atom stereocenters. The van der Waals surface area contributed by atoms with Crippen molar-refractivity contribution in [3.05, 3.63) is 0 Å². The predicted octanol–water partition coefficient (Wildman–Crippen LogP) is 2.91. The van der Waals surface area contributed by atoms with E-state index in [4.69, 9.17) is 0 Å². The largest absolute Gasteiger partial charge is 0.300 e. The van der Waals surface area contributed by atoms with Gasteiger partial charge in [0.15, 0.2) is 0 Å². The molecule has 0 bridgehead atoms. The van der Waals surface area contributed by atoms with E-state index in [1.807, 2.05) is 0 Å². The Labute approximate surface area is 82.5 Å². The molecule has 2 saturated heterocycles. The van der Waals surface area contributed by atoms with Crippen molar-refractivity contribution in [2.75, 3.05) is 13.1 Å². The van der Waals surface area contributed by atoms with Crippen molar-refractivity contribution >= 4 is 0 Å². The summed E-state index contributed by atoms with van der Waals surface area (Å²) in [5.74, 6) is 0.857. The van der Waals surface area contributed by atoms with Gasteiger partial charge < -0.3 is 4.90 Å². The Kier molecular flexibility index (Phi) is 2.39. The second-order valence-electron chi connectivity index (χ2n) is 5.59. The molecule has 0 aliphatic carbocycles. The molecule has 2 aliphatic heterocycles. The van der Waals surface area contributed by atoms with Gasteiger partial charge in [-0.15, -0.1) is 0 Å². The summed E-state index contributed by atoms with van der Waals surface area (Å²) in [6.07, 6.45) is 5.77. The van der Waals surface area contributed by atoms with Gasteiger partial charge in [-0.3, -0.25) is 0 Å². The first-order chi connectivity index (χ1) is 6.12. The molecule has 2 atom stereocenters. The summed E-state index contributed by atoms with van der Waals surface area (Å²) in [5, 5.41) is 0. The molecule has 0 aromatic heterocycles. The van der Waals surface area contributed by atoms with Crippen LogP contribution < -0.4 is 0 Å². The average molecular weight is 181 g/mol. The number of fused-ring (bicyclic) bond motifs is 1. The van der Waals surface area contributed by atoms with E-state index in [-0.39, 0.29) is 0 Å².